The van der Waals surface area contributed by atoms with Crippen LogP contribution in [0.4, 0.5) is 5.69 Å². The molecule has 6 heteroatoms. The first kappa shape index (κ1) is 14.2. The normalized spacial score (nSPS) is 12.7. The second kappa shape index (κ2) is 6.14. The number of hydrogen-bond donors (Lipinski definition) is 0. The van der Waals surface area contributed by atoms with Crippen LogP contribution in [0, 0.1) is 17.0 Å². The summed E-state index contributed by atoms with van der Waals surface area (Å²) in [5, 5.41) is 15.3. The van der Waals surface area contributed by atoms with Crippen LogP contribution in [-0.4, -0.2) is 19.5 Å². The highest BCUT2D eigenvalue weighted by Gasteiger charge is 2.25. The minimum atomic E-state index is -0.320. The first-order chi connectivity index (χ1) is 8.01. The van der Waals surface area contributed by atoms with Gasteiger partial charge in [-0.3, -0.25) is 14.8 Å². The zero-order valence-corrected chi connectivity index (χ0v) is 12.0. The van der Waals surface area contributed by atoms with E-state index in [1.54, 1.807) is 11.6 Å². The molecule has 0 amide bonds. The van der Waals surface area contributed by atoms with E-state index in [1.807, 2.05) is 6.92 Å². The molecule has 0 aliphatic rings. The molecule has 1 atom stereocenters. The number of rotatable bonds is 6. The average molecular weight is 304 g/mol. The van der Waals surface area contributed by atoms with E-state index >= 15 is 0 Å². The summed E-state index contributed by atoms with van der Waals surface area (Å²) in [6, 6.07) is 0. The highest BCUT2D eigenvalue weighted by molar-refractivity contribution is 9.09. The number of nitro groups is 1. The predicted octanol–water partition coefficient (Wildman–Crippen LogP) is 3.23. The van der Waals surface area contributed by atoms with Gasteiger partial charge in [0.1, 0.15) is 11.4 Å². The molecule has 0 radical (unpaired) electrons. The van der Waals surface area contributed by atoms with Gasteiger partial charge in [-0.05, 0) is 19.8 Å². The fourth-order valence-corrected chi connectivity index (χ4v) is 2.12. The molecule has 0 aromatic carbocycles. The Morgan fingerprint density at radius 3 is 2.65 bits per heavy atom. The molecule has 0 aliphatic heterocycles. The van der Waals surface area contributed by atoms with E-state index in [9.17, 15) is 10.1 Å². The van der Waals surface area contributed by atoms with Gasteiger partial charge in [0.2, 0.25) is 0 Å². The molecule has 5 nitrogen and oxygen atoms in total. The van der Waals surface area contributed by atoms with Crippen LogP contribution in [0.5, 0.6) is 0 Å². The lowest BCUT2D eigenvalue weighted by atomic mass is 10.1. The highest BCUT2D eigenvalue weighted by atomic mass is 79.9. The van der Waals surface area contributed by atoms with Crippen molar-refractivity contribution in [2.75, 3.05) is 0 Å². The lowest BCUT2D eigenvalue weighted by Crippen LogP contribution is -2.11. The molecule has 1 aromatic heterocycles. The molecule has 0 aliphatic carbocycles. The van der Waals surface area contributed by atoms with Crippen molar-refractivity contribution in [2.24, 2.45) is 0 Å². The Morgan fingerprint density at radius 1 is 1.53 bits per heavy atom. The second-order valence-electron chi connectivity index (χ2n) is 4.07. The largest absolute Gasteiger partial charge is 0.313 e. The van der Waals surface area contributed by atoms with Crippen molar-refractivity contribution in [3.8, 4) is 0 Å². The van der Waals surface area contributed by atoms with Crippen LogP contribution in [0.15, 0.2) is 0 Å². The van der Waals surface area contributed by atoms with Crippen LogP contribution in [0.2, 0.25) is 0 Å². The molecular weight excluding hydrogens is 286 g/mol. The Balaban J connectivity index is 3.15. The molecule has 0 N–H and O–H groups in total. The lowest BCUT2D eigenvalue weighted by Gasteiger charge is -2.08. The summed E-state index contributed by atoms with van der Waals surface area (Å²) in [4.78, 5) is 11.0. The molecule has 1 rings (SSSR count). The molecule has 1 unspecified atom stereocenters. The van der Waals surface area contributed by atoms with Crippen LogP contribution in [0.3, 0.4) is 0 Å². The van der Waals surface area contributed by atoms with E-state index in [1.165, 1.54) is 0 Å². The molecule has 0 saturated carbocycles. The van der Waals surface area contributed by atoms with Gasteiger partial charge in [0, 0.05) is 17.8 Å². The summed E-state index contributed by atoms with van der Waals surface area (Å²) in [7, 11) is 0. The standard InChI is InChI=1S/C11H18BrN3O2/c1-4-6-14-10(7-9(12)5-2)11(15(16)17)8(3)13-14/h9H,4-7H2,1-3H3. The van der Waals surface area contributed by atoms with Crippen LogP contribution in [-0.2, 0) is 13.0 Å². The van der Waals surface area contributed by atoms with Gasteiger partial charge in [-0.25, -0.2) is 0 Å². The number of alkyl halides is 1. The maximum absolute atomic E-state index is 11.1. The summed E-state index contributed by atoms with van der Waals surface area (Å²) >= 11 is 3.53. The Morgan fingerprint density at radius 2 is 2.18 bits per heavy atom. The minimum absolute atomic E-state index is 0.177. The SMILES string of the molecule is CCCn1nc(C)c([N+](=O)[O-])c1CC(Br)CC. The van der Waals surface area contributed by atoms with E-state index in [4.69, 9.17) is 0 Å². The van der Waals surface area contributed by atoms with Crippen molar-refractivity contribution in [1.29, 1.82) is 0 Å². The van der Waals surface area contributed by atoms with Gasteiger partial charge in [-0.1, -0.05) is 29.8 Å². The minimum Gasteiger partial charge on any atom is -0.262 e. The van der Waals surface area contributed by atoms with Crippen molar-refractivity contribution < 1.29 is 4.92 Å². The molecule has 0 fully saturated rings. The zero-order chi connectivity index (χ0) is 13.0. The van der Waals surface area contributed by atoms with Crippen molar-refractivity contribution in [3.05, 3.63) is 21.5 Å². The monoisotopic (exact) mass is 303 g/mol. The maximum Gasteiger partial charge on any atom is 0.313 e. The Labute approximate surface area is 109 Å². The van der Waals surface area contributed by atoms with Gasteiger partial charge in [0.25, 0.3) is 0 Å². The smallest absolute Gasteiger partial charge is 0.262 e. The van der Waals surface area contributed by atoms with Crippen molar-refractivity contribution in [1.82, 2.24) is 9.78 Å². The third kappa shape index (κ3) is 3.28. The second-order valence-corrected chi connectivity index (χ2v) is 5.37. The van der Waals surface area contributed by atoms with Crippen LogP contribution in [0.25, 0.3) is 0 Å². The van der Waals surface area contributed by atoms with Gasteiger partial charge in [0.05, 0.1) is 4.92 Å². The Bertz CT molecular complexity index is 404. The first-order valence-electron chi connectivity index (χ1n) is 5.85. The van der Waals surface area contributed by atoms with Crippen LogP contribution < -0.4 is 0 Å². The Kier molecular flexibility index (Phi) is 5.11. The van der Waals surface area contributed by atoms with Gasteiger partial charge in [-0.2, -0.15) is 5.10 Å². The third-order valence-electron chi connectivity index (χ3n) is 2.67. The molecule has 96 valence electrons. The van der Waals surface area contributed by atoms with Crippen LogP contribution in [0.1, 0.15) is 38.1 Å². The lowest BCUT2D eigenvalue weighted by molar-refractivity contribution is -0.386. The quantitative estimate of drug-likeness (QED) is 0.460. The molecule has 0 bridgehead atoms. The topological polar surface area (TPSA) is 61.0 Å². The summed E-state index contributed by atoms with van der Waals surface area (Å²) in [5.74, 6) is 0. The summed E-state index contributed by atoms with van der Waals surface area (Å²) < 4.78 is 1.78. The molecule has 1 aromatic rings. The van der Waals surface area contributed by atoms with Gasteiger partial charge in [0.15, 0.2) is 0 Å². The van der Waals surface area contributed by atoms with Gasteiger partial charge >= 0.3 is 5.69 Å². The first-order valence-corrected chi connectivity index (χ1v) is 6.77. The predicted molar refractivity (Wildman–Crippen MR) is 70.6 cm³/mol. The average Bonchev–Trinajstić information content (AvgIpc) is 2.55. The Hall–Kier alpha value is -0.910. The summed E-state index contributed by atoms with van der Waals surface area (Å²) in [6.07, 6.45) is 2.51. The number of halogens is 1. The highest BCUT2D eigenvalue weighted by Crippen LogP contribution is 2.26. The molecule has 1 heterocycles. The molecule has 0 spiro atoms. The van der Waals surface area contributed by atoms with Gasteiger partial charge < -0.3 is 0 Å². The number of aryl methyl sites for hydroxylation is 2. The third-order valence-corrected chi connectivity index (χ3v) is 3.65. The van der Waals surface area contributed by atoms with Crippen molar-refractivity contribution in [2.45, 2.75) is 51.4 Å². The van der Waals surface area contributed by atoms with E-state index in [0.717, 1.165) is 25.1 Å². The van der Waals surface area contributed by atoms with Gasteiger partial charge in [-0.15, -0.1) is 0 Å². The van der Waals surface area contributed by atoms with Crippen molar-refractivity contribution in [3.63, 3.8) is 0 Å². The van der Waals surface area contributed by atoms with E-state index in [0.29, 0.717) is 12.1 Å². The van der Waals surface area contributed by atoms with E-state index < -0.39 is 0 Å². The fourth-order valence-electron chi connectivity index (χ4n) is 1.81. The van der Waals surface area contributed by atoms with E-state index in [2.05, 4.69) is 28.0 Å². The number of nitrogens with zero attached hydrogens (tertiary/aromatic N) is 3. The summed E-state index contributed by atoms with van der Waals surface area (Å²) in [5.41, 5.74) is 1.42. The number of aromatic nitrogens is 2. The summed E-state index contributed by atoms with van der Waals surface area (Å²) in [6.45, 7) is 6.52. The molecule has 17 heavy (non-hydrogen) atoms. The fraction of sp³-hybridized carbons (Fsp3) is 0.727. The maximum atomic E-state index is 11.1. The molecular formula is C11H18BrN3O2. The van der Waals surface area contributed by atoms with Crippen LogP contribution >= 0.6 is 15.9 Å². The van der Waals surface area contributed by atoms with Crippen molar-refractivity contribution >= 4 is 21.6 Å². The molecule has 0 saturated heterocycles. The number of hydrogen-bond acceptors (Lipinski definition) is 3. The van der Waals surface area contributed by atoms with E-state index in [-0.39, 0.29) is 15.4 Å². The zero-order valence-electron chi connectivity index (χ0n) is 10.4.